The summed E-state index contributed by atoms with van der Waals surface area (Å²) in [5.74, 6) is 1.05. The molecule has 0 saturated heterocycles. The molecule has 1 aromatic carbocycles. The van der Waals surface area contributed by atoms with Gasteiger partial charge in [-0.25, -0.2) is 0 Å². The molecule has 106 valence electrons. The molecule has 1 unspecified atom stereocenters. The highest BCUT2D eigenvalue weighted by Gasteiger charge is 2.38. The zero-order valence-corrected chi connectivity index (χ0v) is 12.5. The Morgan fingerprint density at radius 2 is 1.95 bits per heavy atom. The van der Waals surface area contributed by atoms with Crippen LogP contribution in [0.5, 0.6) is 5.75 Å². The molecular weight excluding hydrogens is 234 g/mol. The maximum Gasteiger partial charge on any atom is 0.124 e. The smallest absolute Gasteiger partial charge is 0.124 e. The molecule has 0 aliphatic heterocycles. The van der Waals surface area contributed by atoms with Crippen molar-refractivity contribution in [1.29, 1.82) is 0 Å². The summed E-state index contributed by atoms with van der Waals surface area (Å²) in [5, 5.41) is 3.54. The molecule has 1 saturated carbocycles. The zero-order valence-electron chi connectivity index (χ0n) is 12.5. The third-order valence-electron chi connectivity index (χ3n) is 4.42. The van der Waals surface area contributed by atoms with Gasteiger partial charge in [-0.3, -0.25) is 0 Å². The van der Waals surface area contributed by atoms with Crippen LogP contribution in [0.3, 0.4) is 0 Å². The van der Waals surface area contributed by atoms with Gasteiger partial charge in [0.05, 0.1) is 6.61 Å². The zero-order chi connectivity index (χ0) is 13.7. The Labute approximate surface area is 117 Å². The Bertz CT molecular complexity index is 396. The van der Waals surface area contributed by atoms with Gasteiger partial charge in [0.15, 0.2) is 0 Å². The summed E-state index contributed by atoms with van der Waals surface area (Å²) in [5.41, 5.74) is 1.68. The van der Waals surface area contributed by atoms with Gasteiger partial charge in [0, 0.05) is 11.6 Å². The minimum Gasteiger partial charge on any atom is -0.493 e. The van der Waals surface area contributed by atoms with Crippen LogP contribution in [-0.4, -0.2) is 13.7 Å². The quantitative estimate of drug-likeness (QED) is 0.823. The van der Waals surface area contributed by atoms with E-state index in [0.29, 0.717) is 11.5 Å². The molecule has 1 aliphatic carbocycles. The fourth-order valence-corrected chi connectivity index (χ4v) is 3.41. The van der Waals surface area contributed by atoms with Crippen LogP contribution in [0, 0.1) is 5.41 Å². The first-order valence-corrected chi connectivity index (χ1v) is 7.60. The molecule has 2 nitrogen and oxygen atoms in total. The van der Waals surface area contributed by atoms with E-state index < -0.39 is 0 Å². The fraction of sp³-hybridized carbons (Fsp3) is 0.647. The standard InChI is InChI=1S/C17H27NO/c1-4-13-19-15-10-6-5-9-14(15)16(18-3)17(2)11-7-8-12-17/h5-6,9-10,16,18H,4,7-8,11-13H2,1-3H3. The van der Waals surface area contributed by atoms with E-state index in [1.54, 1.807) is 0 Å². The van der Waals surface area contributed by atoms with Crippen molar-refractivity contribution in [3.8, 4) is 5.75 Å². The van der Waals surface area contributed by atoms with Crippen LogP contribution in [-0.2, 0) is 0 Å². The van der Waals surface area contributed by atoms with Gasteiger partial charge in [0.2, 0.25) is 0 Å². The number of nitrogens with one attached hydrogen (secondary N) is 1. The van der Waals surface area contributed by atoms with E-state index in [-0.39, 0.29) is 0 Å². The third kappa shape index (κ3) is 3.11. The van der Waals surface area contributed by atoms with Gasteiger partial charge in [-0.1, -0.05) is 44.9 Å². The summed E-state index contributed by atoms with van der Waals surface area (Å²) in [6.45, 7) is 5.36. The van der Waals surface area contributed by atoms with Gasteiger partial charge in [-0.2, -0.15) is 0 Å². The molecule has 0 aromatic heterocycles. The monoisotopic (exact) mass is 261 g/mol. The van der Waals surface area contributed by atoms with Crippen LogP contribution >= 0.6 is 0 Å². The van der Waals surface area contributed by atoms with E-state index >= 15 is 0 Å². The molecule has 2 rings (SSSR count). The Morgan fingerprint density at radius 1 is 1.26 bits per heavy atom. The van der Waals surface area contributed by atoms with E-state index in [2.05, 4.69) is 50.5 Å². The molecule has 0 radical (unpaired) electrons. The molecule has 1 aliphatic rings. The largest absolute Gasteiger partial charge is 0.493 e. The first-order chi connectivity index (χ1) is 9.21. The van der Waals surface area contributed by atoms with Gasteiger partial charge in [0.1, 0.15) is 5.75 Å². The minimum absolute atomic E-state index is 0.362. The lowest BCUT2D eigenvalue weighted by Crippen LogP contribution is -2.32. The van der Waals surface area contributed by atoms with Crippen LogP contribution < -0.4 is 10.1 Å². The molecule has 1 atom stereocenters. The van der Waals surface area contributed by atoms with Crippen molar-refractivity contribution in [3.05, 3.63) is 29.8 Å². The van der Waals surface area contributed by atoms with Crippen molar-refractivity contribution in [2.75, 3.05) is 13.7 Å². The van der Waals surface area contributed by atoms with Crippen molar-refractivity contribution in [1.82, 2.24) is 5.32 Å². The van der Waals surface area contributed by atoms with Crippen LogP contribution in [0.15, 0.2) is 24.3 Å². The highest BCUT2D eigenvalue weighted by Crippen LogP contribution is 2.48. The normalized spacial score (nSPS) is 19.3. The second-order valence-corrected chi connectivity index (χ2v) is 5.97. The summed E-state index contributed by atoms with van der Waals surface area (Å²) in [6, 6.07) is 8.90. The molecule has 2 heteroatoms. The van der Waals surface area contributed by atoms with Gasteiger partial charge < -0.3 is 10.1 Å². The van der Waals surface area contributed by atoms with Crippen LogP contribution in [0.25, 0.3) is 0 Å². The van der Waals surface area contributed by atoms with E-state index in [1.165, 1.54) is 31.2 Å². The van der Waals surface area contributed by atoms with Crippen molar-refractivity contribution in [2.45, 2.75) is 52.0 Å². The highest BCUT2D eigenvalue weighted by molar-refractivity contribution is 5.37. The third-order valence-corrected chi connectivity index (χ3v) is 4.42. The maximum absolute atomic E-state index is 5.93. The number of benzene rings is 1. The summed E-state index contributed by atoms with van der Waals surface area (Å²) < 4.78 is 5.93. The van der Waals surface area contributed by atoms with Crippen LogP contribution in [0.4, 0.5) is 0 Å². The first-order valence-electron chi connectivity index (χ1n) is 7.60. The second-order valence-electron chi connectivity index (χ2n) is 5.97. The first kappa shape index (κ1) is 14.4. The molecule has 19 heavy (non-hydrogen) atoms. The number of ether oxygens (including phenoxy) is 1. The maximum atomic E-state index is 5.93. The summed E-state index contributed by atoms with van der Waals surface area (Å²) in [4.78, 5) is 0. The second kappa shape index (κ2) is 6.42. The summed E-state index contributed by atoms with van der Waals surface area (Å²) in [7, 11) is 2.07. The lowest BCUT2D eigenvalue weighted by Gasteiger charge is -2.35. The van der Waals surface area contributed by atoms with Crippen molar-refractivity contribution < 1.29 is 4.74 Å². The van der Waals surface area contributed by atoms with Crippen molar-refractivity contribution >= 4 is 0 Å². The predicted octanol–water partition coefficient (Wildman–Crippen LogP) is 4.32. The topological polar surface area (TPSA) is 21.3 Å². The number of para-hydroxylation sites is 1. The fourth-order valence-electron chi connectivity index (χ4n) is 3.41. The highest BCUT2D eigenvalue weighted by atomic mass is 16.5. The SMILES string of the molecule is CCCOc1ccccc1C(NC)C1(C)CCCC1. The molecular formula is C17H27NO. The van der Waals surface area contributed by atoms with Gasteiger partial charge in [-0.05, 0) is 37.8 Å². The molecule has 1 aromatic rings. The Morgan fingerprint density at radius 3 is 2.58 bits per heavy atom. The van der Waals surface area contributed by atoms with E-state index in [9.17, 15) is 0 Å². The lowest BCUT2D eigenvalue weighted by atomic mass is 9.77. The predicted molar refractivity (Wildman–Crippen MR) is 80.6 cm³/mol. The van der Waals surface area contributed by atoms with E-state index in [4.69, 9.17) is 4.74 Å². The number of hydrogen-bond acceptors (Lipinski definition) is 2. The molecule has 1 fully saturated rings. The average molecular weight is 261 g/mol. The Balaban J connectivity index is 2.27. The van der Waals surface area contributed by atoms with Crippen molar-refractivity contribution in [3.63, 3.8) is 0 Å². The average Bonchev–Trinajstić information content (AvgIpc) is 2.86. The van der Waals surface area contributed by atoms with Gasteiger partial charge >= 0.3 is 0 Å². The molecule has 0 spiro atoms. The van der Waals surface area contributed by atoms with Gasteiger partial charge in [0.25, 0.3) is 0 Å². The summed E-state index contributed by atoms with van der Waals surface area (Å²) >= 11 is 0. The van der Waals surface area contributed by atoms with Crippen molar-refractivity contribution in [2.24, 2.45) is 5.41 Å². The van der Waals surface area contributed by atoms with Crippen LogP contribution in [0.2, 0.25) is 0 Å². The van der Waals surface area contributed by atoms with E-state index in [0.717, 1.165) is 18.8 Å². The number of rotatable bonds is 6. The minimum atomic E-state index is 0.362. The lowest BCUT2D eigenvalue weighted by molar-refractivity contribution is 0.224. The molecule has 0 amide bonds. The molecule has 1 N–H and O–H groups in total. The molecule has 0 heterocycles. The summed E-state index contributed by atoms with van der Waals surface area (Å²) in [6.07, 6.45) is 6.37. The van der Waals surface area contributed by atoms with E-state index in [1.807, 2.05) is 0 Å². The van der Waals surface area contributed by atoms with Gasteiger partial charge in [-0.15, -0.1) is 0 Å². The molecule has 0 bridgehead atoms. The van der Waals surface area contributed by atoms with Crippen LogP contribution in [0.1, 0.15) is 57.6 Å². The number of hydrogen-bond donors (Lipinski definition) is 1. The Hall–Kier alpha value is -1.02. The Kier molecular flexibility index (Phi) is 4.87.